The number of epoxide rings is 12. The van der Waals surface area contributed by atoms with Gasteiger partial charge in [0.05, 0.1) is 193 Å². The van der Waals surface area contributed by atoms with Crippen LogP contribution in [-0.2, 0) is 56.8 Å². The van der Waals surface area contributed by atoms with Crippen LogP contribution in [-0.4, -0.2) is 315 Å². The molecule has 0 saturated carbocycles. The van der Waals surface area contributed by atoms with Crippen molar-refractivity contribution >= 4 is 17.8 Å². The lowest BCUT2D eigenvalue weighted by Gasteiger charge is -2.38. The molecule has 24 heteroatoms. The summed E-state index contributed by atoms with van der Waals surface area (Å²) in [7, 11) is 0. The van der Waals surface area contributed by atoms with Crippen LogP contribution in [0.3, 0.4) is 0 Å². The Bertz CT molecular complexity index is 1440. The highest BCUT2D eigenvalue weighted by atomic mass is 16.6. The average molecular weight is 973 g/mol. The number of rotatable bonds is 39. The average Bonchev–Trinajstić information content (AvgIpc) is 4.07. The van der Waals surface area contributed by atoms with Crippen molar-refractivity contribution in [3.05, 3.63) is 0 Å². The molecule has 12 fully saturated rings. The maximum atomic E-state index is 5.85. The van der Waals surface area contributed by atoms with Gasteiger partial charge in [-0.05, 0) is 0 Å². The van der Waals surface area contributed by atoms with Gasteiger partial charge >= 0.3 is 0 Å². The van der Waals surface area contributed by atoms with E-state index in [4.69, 9.17) is 71.8 Å². The van der Waals surface area contributed by atoms with Crippen molar-refractivity contribution in [2.24, 2.45) is 0 Å². The van der Waals surface area contributed by atoms with E-state index in [2.05, 4.69) is 44.1 Å². The first kappa shape index (κ1) is 46.5. The second-order valence-electron chi connectivity index (χ2n) is 21.4. The zero-order valence-electron chi connectivity index (χ0n) is 39.9. The van der Waals surface area contributed by atoms with Gasteiger partial charge in [0.15, 0.2) is 0 Å². The largest absolute Gasteiger partial charge is 0.372 e. The molecule has 69 heavy (non-hydrogen) atoms. The Morgan fingerprint density at radius 3 is 0.449 bits per heavy atom. The van der Waals surface area contributed by atoms with Crippen LogP contribution in [0.5, 0.6) is 0 Å². The number of hydrogen-bond acceptors (Lipinski definition) is 24. The van der Waals surface area contributed by atoms with Gasteiger partial charge in [0.2, 0.25) is 17.8 Å². The number of ether oxygens (including phenoxy) is 12. The standard InChI is InChI=1S/C45H72N12O12/c1(31-13-58-31)49(2-32-14-59-32)25-55(26-50(3-33-15-60-33)4-34-16-61-34)43-46-44(56(27-51(5-35-17-62-35)6-36-18-63-36)28-52(7-37-19-64-37)8-38-20-65-38)48-45(47-43)57(29-53(9-39-21-66-39)10-40-22-67-40)30-54(11-41-23-68-41)12-42-24-69-42/h31-42H,1-30H2. The van der Waals surface area contributed by atoms with E-state index in [1.165, 1.54) is 0 Å². The van der Waals surface area contributed by atoms with Crippen LogP contribution in [0, 0.1) is 0 Å². The van der Waals surface area contributed by atoms with Crippen LogP contribution in [0.2, 0.25) is 0 Å². The summed E-state index contributed by atoms with van der Waals surface area (Å²) in [6, 6.07) is 0. The summed E-state index contributed by atoms with van der Waals surface area (Å²) in [5.74, 6) is 1.83. The number of anilines is 3. The molecule has 1 aromatic heterocycles. The molecule has 384 valence electrons. The Morgan fingerprint density at radius 2 is 0.348 bits per heavy atom. The predicted octanol–water partition coefficient (Wildman–Crippen LogP) is -3.37. The highest BCUT2D eigenvalue weighted by Gasteiger charge is 2.40. The van der Waals surface area contributed by atoms with Crippen molar-refractivity contribution in [2.75, 3.05) is 213 Å². The Kier molecular flexibility index (Phi) is 14.1. The smallest absolute Gasteiger partial charge is 0.234 e. The fourth-order valence-corrected chi connectivity index (χ4v) is 9.41. The van der Waals surface area contributed by atoms with Crippen molar-refractivity contribution < 1.29 is 56.8 Å². The Balaban J connectivity index is 0.897. The second-order valence-corrected chi connectivity index (χ2v) is 21.4. The lowest BCUT2D eigenvalue weighted by molar-refractivity contribution is 0.182. The monoisotopic (exact) mass is 973 g/mol. The molecule has 0 amide bonds. The fourth-order valence-electron chi connectivity index (χ4n) is 9.41. The first-order chi connectivity index (χ1) is 33.9. The maximum absolute atomic E-state index is 5.85. The molecule has 13 heterocycles. The normalized spacial score (nSPS) is 34.5. The molecule has 0 radical (unpaired) electrons. The first-order valence-electron chi connectivity index (χ1n) is 25.7. The minimum Gasteiger partial charge on any atom is -0.372 e. The van der Waals surface area contributed by atoms with Crippen LogP contribution < -0.4 is 14.7 Å². The molecule has 0 aliphatic carbocycles. The number of nitrogens with zero attached hydrogens (tertiary/aromatic N) is 12. The zero-order valence-corrected chi connectivity index (χ0v) is 39.9. The van der Waals surface area contributed by atoms with Crippen LogP contribution in [0.4, 0.5) is 17.8 Å². The zero-order chi connectivity index (χ0) is 45.7. The molecule has 0 bridgehead atoms. The van der Waals surface area contributed by atoms with Crippen LogP contribution in [0.1, 0.15) is 0 Å². The summed E-state index contributed by atoms with van der Waals surface area (Å²) in [5, 5.41) is 0. The van der Waals surface area contributed by atoms with Crippen LogP contribution in [0.15, 0.2) is 0 Å². The molecule has 24 nitrogen and oxygen atoms in total. The molecule has 12 unspecified atom stereocenters. The minimum atomic E-state index is 0.194. The SMILES string of the molecule is C1OC1CN(CC1CO1)CN(CN(CC1CO1)CC1CO1)c1nc(N(CN(CC2CO2)CC2CO2)CN(CC2CO2)CC2CO2)nc(N(CN(CC2CO2)CC2CO2)CN(CC2CO2)CC2CO2)n1. The summed E-state index contributed by atoms with van der Waals surface area (Å²) >= 11 is 0. The van der Waals surface area contributed by atoms with E-state index in [1.807, 2.05) is 0 Å². The van der Waals surface area contributed by atoms with Crippen LogP contribution in [0.25, 0.3) is 0 Å². The van der Waals surface area contributed by atoms with E-state index >= 15 is 0 Å². The van der Waals surface area contributed by atoms with E-state index in [0.717, 1.165) is 158 Å². The highest BCUT2D eigenvalue weighted by molar-refractivity contribution is 5.47. The Labute approximate surface area is 404 Å². The Morgan fingerprint density at radius 1 is 0.232 bits per heavy atom. The molecule has 12 saturated heterocycles. The molecular weight excluding hydrogens is 901 g/mol. The summed E-state index contributed by atoms with van der Waals surface area (Å²) in [6.45, 7) is 22.1. The highest BCUT2D eigenvalue weighted by Crippen LogP contribution is 2.28. The summed E-state index contributed by atoms with van der Waals surface area (Å²) in [4.78, 5) is 38.6. The molecule has 13 rings (SSSR count). The third-order valence-electron chi connectivity index (χ3n) is 14.0. The van der Waals surface area contributed by atoms with E-state index in [0.29, 0.717) is 57.9 Å². The molecule has 0 N–H and O–H groups in total. The lowest BCUT2D eigenvalue weighted by Crippen LogP contribution is -2.51. The van der Waals surface area contributed by atoms with Crippen molar-refractivity contribution in [1.82, 2.24) is 44.4 Å². The van der Waals surface area contributed by atoms with E-state index in [-0.39, 0.29) is 73.2 Å². The predicted molar refractivity (Wildman–Crippen MR) is 243 cm³/mol. The fraction of sp³-hybridized carbons (Fsp3) is 0.933. The molecular formula is C45H72N12O12. The van der Waals surface area contributed by atoms with Gasteiger partial charge in [-0.3, -0.25) is 29.4 Å². The van der Waals surface area contributed by atoms with Gasteiger partial charge in [-0.1, -0.05) is 0 Å². The summed E-state index contributed by atoms with van der Waals surface area (Å²) in [5.41, 5.74) is 0. The van der Waals surface area contributed by atoms with Gasteiger partial charge in [0.1, 0.15) is 0 Å². The summed E-state index contributed by atoms with van der Waals surface area (Å²) in [6.07, 6.45) is 2.33. The maximum Gasteiger partial charge on any atom is 0.234 e. The van der Waals surface area contributed by atoms with Crippen LogP contribution >= 0.6 is 0 Å². The number of aromatic nitrogens is 3. The molecule has 12 aliphatic rings. The van der Waals surface area contributed by atoms with Crippen molar-refractivity contribution in [2.45, 2.75) is 73.2 Å². The van der Waals surface area contributed by atoms with Crippen molar-refractivity contribution in [3.8, 4) is 0 Å². The molecule has 1 aromatic rings. The minimum absolute atomic E-state index is 0.194. The first-order valence-corrected chi connectivity index (χ1v) is 25.7. The van der Waals surface area contributed by atoms with Crippen molar-refractivity contribution in [1.29, 1.82) is 0 Å². The Hall–Kier alpha value is -2.31. The van der Waals surface area contributed by atoms with Gasteiger partial charge in [-0.2, -0.15) is 15.0 Å². The molecule has 12 aliphatic heterocycles. The third kappa shape index (κ3) is 15.8. The second kappa shape index (κ2) is 20.9. The van der Waals surface area contributed by atoms with Gasteiger partial charge in [-0.15, -0.1) is 0 Å². The van der Waals surface area contributed by atoms with Gasteiger partial charge in [-0.25, -0.2) is 0 Å². The molecule has 12 atom stereocenters. The third-order valence-corrected chi connectivity index (χ3v) is 14.0. The lowest BCUT2D eigenvalue weighted by atomic mass is 10.3. The van der Waals surface area contributed by atoms with Crippen molar-refractivity contribution in [3.63, 3.8) is 0 Å². The molecule has 0 aromatic carbocycles. The topological polar surface area (TPSA) is 218 Å². The van der Waals surface area contributed by atoms with Gasteiger partial charge in [0.25, 0.3) is 0 Å². The number of hydrogen-bond donors (Lipinski definition) is 0. The summed E-state index contributed by atoms with van der Waals surface area (Å²) < 4.78 is 70.1. The van der Waals surface area contributed by atoms with Gasteiger partial charge < -0.3 is 71.5 Å². The van der Waals surface area contributed by atoms with E-state index in [9.17, 15) is 0 Å². The van der Waals surface area contributed by atoms with E-state index < -0.39 is 0 Å². The van der Waals surface area contributed by atoms with E-state index in [1.54, 1.807) is 0 Å². The quantitative estimate of drug-likeness (QED) is 0.0465. The van der Waals surface area contributed by atoms with Gasteiger partial charge in [0, 0.05) is 78.5 Å². The molecule has 0 spiro atoms.